The van der Waals surface area contributed by atoms with Crippen molar-refractivity contribution in [1.82, 2.24) is 0 Å². The van der Waals surface area contributed by atoms with E-state index in [1.165, 1.54) is 11.1 Å². The van der Waals surface area contributed by atoms with Crippen molar-refractivity contribution in [2.24, 2.45) is 5.41 Å². The van der Waals surface area contributed by atoms with Crippen LogP contribution in [0.5, 0.6) is 0 Å². The van der Waals surface area contributed by atoms with Crippen LogP contribution in [0.3, 0.4) is 0 Å². The van der Waals surface area contributed by atoms with Crippen molar-refractivity contribution in [3.8, 4) is 0 Å². The molecule has 3 nitrogen and oxygen atoms in total. The molecule has 1 heterocycles. The van der Waals surface area contributed by atoms with Crippen LogP contribution >= 0.6 is 0 Å². The summed E-state index contributed by atoms with van der Waals surface area (Å²) in [7, 11) is 1.72. The maximum absolute atomic E-state index is 12.7. The first-order chi connectivity index (χ1) is 9.45. The van der Waals surface area contributed by atoms with Gasteiger partial charge in [-0.15, -0.1) is 0 Å². The number of nitrogens with zero attached hydrogens (tertiary/aromatic N) is 1. The van der Waals surface area contributed by atoms with E-state index in [0.717, 1.165) is 38.1 Å². The van der Waals surface area contributed by atoms with Gasteiger partial charge in [0, 0.05) is 31.4 Å². The molecule has 0 saturated carbocycles. The maximum Gasteiger partial charge on any atom is 0.232 e. The SMILES string of the molecule is COCCCCN1C(=O)C(C)(C)Cc2ccc(C)cc21. The molecule has 0 atom stereocenters. The zero-order valence-corrected chi connectivity index (χ0v) is 13.0. The van der Waals surface area contributed by atoms with E-state index >= 15 is 0 Å². The van der Waals surface area contributed by atoms with Crippen LogP contribution in [0.25, 0.3) is 0 Å². The first-order valence-corrected chi connectivity index (χ1v) is 7.36. The second kappa shape index (κ2) is 5.96. The van der Waals surface area contributed by atoms with Crippen molar-refractivity contribution >= 4 is 11.6 Å². The molecule has 1 aromatic rings. The normalized spacial score (nSPS) is 17.2. The van der Waals surface area contributed by atoms with Gasteiger partial charge in [-0.2, -0.15) is 0 Å². The first kappa shape index (κ1) is 15.0. The zero-order valence-electron chi connectivity index (χ0n) is 13.0. The van der Waals surface area contributed by atoms with Crippen molar-refractivity contribution in [2.45, 2.75) is 40.0 Å². The molecule has 0 N–H and O–H groups in total. The Morgan fingerprint density at radius 3 is 2.75 bits per heavy atom. The van der Waals surface area contributed by atoms with Crippen molar-refractivity contribution in [1.29, 1.82) is 0 Å². The van der Waals surface area contributed by atoms with Gasteiger partial charge in [0.15, 0.2) is 0 Å². The van der Waals surface area contributed by atoms with Gasteiger partial charge in [0.25, 0.3) is 0 Å². The van der Waals surface area contributed by atoms with E-state index in [2.05, 4.69) is 25.1 Å². The second-order valence-corrected chi connectivity index (χ2v) is 6.35. The summed E-state index contributed by atoms with van der Waals surface area (Å²) in [6.45, 7) is 7.70. The number of carbonyl (C=O) groups excluding carboxylic acids is 1. The van der Waals surface area contributed by atoms with Crippen LogP contribution in [-0.2, 0) is 16.0 Å². The van der Waals surface area contributed by atoms with Gasteiger partial charge in [-0.1, -0.05) is 26.0 Å². The van der Waals surface area contributed by atoms with Crippen LogP contribution in [0, 0.1) is 12.3 Å². The van der Waals surface area contributed by atoms with E-state index in [4.69, 9.17) is 4.74 Å². The highest BCUT2D eigenvalue weighted by atomic mass is 16.5. The lowest BCUT2D eigenvalue weighted by Crippen LogP contribution is -2.46. The molecule has 1 aromatic carbocycles. The van der Waals surface area contributed by atoms with Crippen LogP contribution < -0.4 is 4.90 Å². The molecule has 0 saturated heterocycles. The lowest BCUT2D eigenvalue weighted by molar-refractivity contribution is -0.127. The highest BCUT2D eigenvalue weighted by Gasteiger charge is 2.38. The van der Waals surface area contributed by atoms with E-state index in [-0.39, 0.29) is 11.3 Å². The van der Waals surface area contributed by atoms with Crippen LogP contribution in [0.1, 0.15) is 37.8 Å². The van der Waals surface area contributed by atoms with Gasteiger partial charge in [-0.05, 0) is 43.4 Å². The predicted molar refractivity (Wildman–Crippen MR) is 82.1 cm³/mol. The largest absolute Gasteiger partial charge is 0.385 e. The molecular formula is C17H25NO2. The van der Waals surface area contributed by atoms with Crippen LogP contribution in [0.4, 0.5) is 5.69 Å². The Bertz CT molecular complexity index is 494. The van der Waals surface area contributed by atoms with Crippen molar-refractivity contribution in [3.63, 3.8) is 0 Å². The Labute approximate surface area is 121 Å². The number of hydrogen-bond acceptors (Lipinski definition) is 2. The van der Waals surface area contributed by atoms with E-state index in [9.17, 15) is 4.79 Å². The summed E-state index contributed by atoms with van der Waals surface area (Å²) >= 11 is 0. The summed E-state index contributed by atoms with van der Waals surface area (Å²) in [5.41, 5.74) is 3.29. The summed E-state index contributed by atoms with van der Waals surface area (Å²) in [4.78, 5) is 14.7. The number of anilines is 1. The lowest BCUT2D eigenvalue weighted by atomic mass is 9.80. The Morgan fingerprint density at radius 1 is 1.30 bits per heavy atom. The summed E-state index contributed by atoms with van der Waals surface area (Å²) in [6.07, 6.45) is 2.79. The van der Waals surface area contributed by atoms with Gasteiger partial charge in [0.1, 0.15) is 0 Å². The topological polar surface area (TPSA) is 29.5 Å². The first-order valence-electron chi connectivity index (χ1n) is 7.36. The zero-order chi connectivity index (χ0) is 14.8. The van der Waals surface area contributed by atoms with E-state index in [0.29, 0.717) is 0 Å². The molecule has 3 heteroatoms. The molecule has 0 spiro atoms. The number of ether oxygens (including phenoxy) is 1. The number of aryl methyl sites for hydroxylation is 1. The van der Waals surface area contributed by atoms with E-state index in [1.807, 2.05) is 18.7 Å². The summed E-state index contributed by atoms with van der Waals surface area (Å²) < 4.78 is 5.08. The third-order valence-corrected chi connectivity index (χ3v) is 3.97. The number of methoxy groups -OCH3 is 1. The molecule has 2 rings (SSSR count). The quantitative estimate of drug-likeness (QED) is 0.771. The Morgan fingerprint density at radius 2 is 2.05 bits per heavy atom. The van der Waals surface area contributed by atoms with Gasteiger partial charge >= 0.3 is 0 Å². The molecule has 0 unspecified atom stereocenters. The highest BCUT2D eigenvalue weighted by Crippen LogP contribution is 2.37. The summed E-state index contributed by atoms with van der Waals surface area (Å²) in [6, 6.07) is 6.44. The maximum atomic E-state index is 12.7. The fourth-order valence-electron chi connectivity index (χ4n) is 2.84. The van der Waals surface area contributed by atoms with Crippen molar-refractivity contribution < 1.29 is 9.53 Å². The van der Waals surface area contributed by atoms with Gasteiger partial charge in [-0.3, -0.25) is 4.79 Å². The van der Waals surface area contributed by atoms with Crippen LogP contribution in [0.15, 0.2) is 18.2 Å². The van der Waals surface area contributed by atoms with Crippen LogP contribution in [-0.4, -0.2) is 26.2 Å². The third-order valence-electron chi connectivity index (χ3n) is 3.97. The average Bonchev–Trinajstić information content (AvgIpc) is 2.39. The molecule has 0 aliphatic carbocycles. The number of unbranched alkanes of at least 4 members (excludes halogenated alkanes) is 1. The minimum absolute atomic E-state index is 0.244. The van der Waals surface area contributed by atoms with Crippen molar-refractivity contribution in [3.05, 3.63) is 29.3 Å². The molecule has 0 fully saturated rings. The van der Waals surface area contributed by atoms with Gasteiger partial charge in [-0.25, -0.2) is 0 Å². The fraction of sp³-hybridized carbons (Fsp3) is 0.588. The molecule has 0 aromatic heterocycles. The molecule has 1 aliphatic rings. The minimum atomic E-state index is -0.302. The number of rotatable bonds is 5. The molecule has 1 aliphatic heterocycles. The number of benzene rings is 1. The van der Waals surface area contributed by atoms with Crippen LogP contribution in [0.2, 0.25) is 0 Å². The monoisotopic (exact) mass is 275 g/mol. The van der Waals surface area contributed by atoms with Gasteiger partial charge in [0.05, 0.1) is 0 Å². The molecule has 0 bridgehead atoms. The van der Waals surface area contributed by atoms with Gasteiger partial charge < -0.3 is 9.64 Å². The number of fused-ring (bicyclic) bond motifs is 1. The Kier molecular flexibility index (Phi) is 4.48. The standard InChI is InChI=1S/C17H25NO2/c1-13-7-8-14-12-17(2,3)16(19)18(15(14)11-13)9-5-6-10-20-4/h7-8,11H,5-6,9-10,12H2,1-4H3. The number of hydrogen-bond donors (Lipinski definition) is 0. The fourth-order valence-corrected chi connectivity index (χ4v) is 2.84. The molecule has 20 heavy (non-hydrogen) atoms. The van der Waals surface area contributed by atoms with Crippen molar-refractivity contribution in [2.75, 3.05) is 25.2 Å². The lowest BCUT2D eigenvalue weighted by Gasteiger charge is -2.39. The molecule has 110 valence electrons. The highest BCUT2D eigenvalue weighted by molar-refractivity contribution is 6.00. The minimum Gasteiger partial charge on any atom is -0.385 e. The molecule has 1 amide bonds. The Hall–Kier alpha value is -1.35. The Balaban J connectivity index is 2.23. The predicted octanol–water partition coefficient (Wildman–Crippen LogP) is 3.34. The van der Waals surface area contributed by atoms with Gasteiger partial charge in [0.2, 0.25) is 5.91 Å². The molecule has 0 radical (unpaired) electrons. The second-order valence-electron chi connectivity index (χ2n) is 6.35. The smallest absolute Gasteiger partial charge is 0.232 e. The summed E-state index contributed by atoms with van der Waals surface area (Å²) in [5, 5.41) is 0. The van der Waals surface area contributed by atoms with E-state index in [1.54, 1.807) is 7.11 Å². The average molecular weight is 275 g/mol. The van der Waals surface area contributed by atoms with E-state index < -0.39 is 0 Å². The summed E-state index contributed by atoms with van der Waals surface area (Å²) in [5.74, 6) is 0.244. The number of amides is 1. The molecular weight excluding hydrogens is 250 g/mol. The third kappa shape index (κ3) is 3.04. The number of carbonyl (C=O) groups is 1.